The molecular formula is C23H33N12O8S2+. The van der Waals surface area contributed by atoms with Gasteiger partial charge >= 0.3 is 18.0 Å². The molecule has 0 spiro atoms. The number of urea groups is 1. The van der Waals surface area contributed by atoms with Gasteiger partial charge in [-0.05, 0) is 25.8 Å². The van der Waals surface area contributed by atoms with E-state index in [1.165, 1.54) is 36.5 Å². The van der Waals surface area contributed by atoms with Crippen LogP contribution in [-0.2, 0) is 37.6 Å². The van der Waals surface area contributed by atoms with E-state index in [0.29, 0.717) is 5.57 Å². The molecule has 1 aromatic heterocycles. The topological polar surface area (TPSA) is 298 Å². The highest BCUT2D eigenvalue weighted by molar-refractivity contribution is 8.12. The number of rotatable bonds is 12. The van der Waals surface area contributed by atoms with Gasteiger partial charge in [0.25, 0.3) is 11.8 Å². The van der Waals surface area contributed by atoms with Crippen molar-refractivity contribution in [2.24, 2.45) is 28.7 Å². The number of carbonyl (C=O) groups is 5. The van der Waals surface area contributed by atoms with E-state index in [2.05, 4.69) is 30.8 Å². The maximum atomic E-state index is 13.3. The number of thioether (sulfide) groups is 1. The smallest absolute Gasteiger partial charge is 0.352 e. The first-order valence-corrected chi connectivity index (χ1v) is 15.1. The van der Waals surface area contributed by atoms with Crippen LogP contribution in [0.2, 0.25) is 0 Å². The number of nitrogens with one attached hydrogen (secondary N) is 4. The molecule has 45 heavy (non-hydrogen) atoms. The summed E-state index contributed by atoms with van der Waals surface area (Å²) < 4.78 is 5.84. The van der Waals surface area contributed by atoms with Crippen molar-refractivity contribution in [2.75, 3.05) is 29.9 Å². The lowest BCUT2D eigenvalue weighted by Crippen LogP contribution is -2.71. The maximum Gasteiger partial charge on any atom is 0.352 e. The quantitative estimate of drug-likeness (QED) is 0.0349. The zero-order valence-electron chi connectivity index (χ0n) is 24.3. The van der Waals surface area contributed by atoms with Crippen LogP contribution in [0.3, 0.4) is 0 Å². The molecule has 0 aromatic carbocycles. The van der Waals surface area contributed by atoms with Crippen LogP contribution in [0.1, 0.15) is 13.8 Å². The van der Waals surface area contributed by atoms with Crippen LogP contribution in [0, 0.1) is 0 Å². The molecule has 0 aliphatic carbocycles. The molecule has 4 rings (SSSR count). The molecule has 4 amide bonds. The van der Waals surface area contributed by atoms with E-state index in [4.69, 9.17) is 22.0 Å². The number of anilines is 2. The summed E-state index contributed by atoms with van der Waals surface area (Å²) >= 11 is 2.14. The second-order valence-electron chi connectivity index (χ2n) is 10.3. The van der Waals surface area contributed by atoms with E-state index < -0.39 is 58.7 Å². The first-order chi connectivity index (χ1) is 21.2. The first-order valence-electron chi connectivity index (χ1n) is 13.2. The van der Waals surface area contributed by atoms with Gasteiger partial charge in [-0.3, -0.25) is 19.8 Å². The molecule has 1 aromatic rings. The maximum absolute atomic E-state index is 13.3. The van der Waals surface area contributed by atoms with Gasteiger partial charge in [0, 0.05) is 24.4 Å². The number of nitrogens with zero attached hydrogens (tertiary/aromatic N) is 5. The number of oxime groups is 1. The normalized spacial score (nSPS) is 21.5. The first kappa shape index (κ1) is 33.4. The third-order valence-corrected chi connectivity index (χ3v) is 8.76. The molecule has 1 saturated heterocycles. The lowest BCUT2D eigenvalue weighted by molar-refractivity contribution is -0.765. The number of aliphatic carboxylic acids is 2. The van der Waals surface area contributed by atoms with Crippen LogP contribution >= 0.6 is 23.7 Å². The van der Waals surface area contributed by atoms with E-state index >= 15 is 0 Å². The van der Waals surface area contributed by atoms with Gasteiger partial charge in [0.1, 0.15) is 17.1 Å². The minimum atomic E-state index is -1.79. The molecule has 12 N–H and O–H groups in total. The van der Waals surface area contributed by atoms with Crippen LogP contribution < -0.4 is 42.6 Å². The Hall–Kier alpha value is -4.54. The van der Waals surface area contributed by atoms with Gasteiger partial charge in [-0.1, -0.05) is 5.16 Å². The highest BCUT2D eigenvalue weighted by Crippen LogP contribution is 2.40. The van der Waals surface area contributed by atoms with Crippen LogP contribution in [0.25, 0.3) is 0 Å². The van der Waals surface area contributed by atoms with E-state index in [1.807, 2.05) is 0 Å². The number of aromatic nitrogens is 2. The summed E-state index contributed by atoms with van der Waals surface area (Å²) in [6, 6.07) is -1.65. The van der Waals surface area contributed by atoms with Crippen molar-refractivity contribution in [1.82, 2.24) is 24.9 Å². The number of carboxylic acids is 2. The van der Waals surface area contributed by atoms with Gasteiger partial charge < -0.3 is 42.9 Å². The molecule has 0 radical (unpaired) electrons. The van der Waals surface area contributed by atoms with Crippen molar-refractivity contribution in [3.05, 3.63) is 17.5 Å². The van der Waals surface area contributed by atoms with E-state index in [1.54, 1.807) is 11.7 Å². The molecule has 3 aliphatic heterocycles. The summed E-state index contributed by atoms with van der Waals surface area (Å²) in [5.74, 6) is -3.89. The highest BCUT2D eigenvalue weighted by atomic mass is 32.2. The monoisotopic (exact) mass is 669 g/mol. The Morgan fingerprint density at radius 1 is 1.29 bits per heavy atom. The molecule has 1 fully saturated rings. The third-order valence-electron chi connectivity index (χ3n) is 6.77. The Morgan fingerprint density at radius 2 is 2.00 bits per heavy atom. The van der Waals surface area contributed by atoms with E-state index in [-0.39, 0.29) is 47.8 Å². The molecule has 244 valence electrons. The van der Waals surface area contributed by atoms with Gasteiger partial charge in [0.15, 0.2) is 35.1 Å². The van der Waals surface area contributed by atoms with Gasteiger partial charge in [-0.15, -0.1) is 21.1 Å². The Labute approximate surface area is 263 Å². The molecule has 20 nitrogen and oxygen atoms in total. The number of hydrogen-bond donors (Lipinski definition) is 9. The predicted molar refractivity (Wildman–Crippen MR) is 162 cm³/mol. The average molecular weight is 670 g/mol. The summed E-state index contributed by atoms with van der Waals surface area (Å²) in [4.78, 5) is 72.7. The van der Waals surface area contributed by atoms with Crippen molar-refractivity contribution >= 4 is 75.9 Å². The fourth-order valence-corrected chi connectivity index (χ4v) is 6.15. The number of amides is 4. The van der Waals surface area contributed by atoms with Crippen LogP contribution in [0.5, 0.6) is 0 Å². The molecule has 0 bridgehead atoms. The van der Waals surface area contributed by atoms with Crippen molar-refractivity contribution in [1.29, 1.82) is 0 Å². The molecule has 3 atom stereocenters. The number of amidine groups is 1. The standard InChI is InChI=1S/C23H32N12O8S2/c1-23(2,20(40)41)43-31-11(15-30-21(26)45-32-15)16(36)29-12-17(37)35-13(19(38)39)9(8-44-18(12)35)6-34-7-10(14(25)33(34)3)28-22(42)27-5-4-24/h7,12,15,18,25,32H,4-6,8,24H2,1-3H3,(H7,26,27,28,29,30,36,38,39,40,41,42)/p+1/t12-,15?,18?/m1/s1. The van der Waals surface area contributed by atoms with Crippen LogP contribution in [0.15, 0.2) is 27.6 Å². The number of aliphatic imine (C=N–C) groups is 1. The predicted octanol–water partition coefficient (Wildman–Crippen LogP) is -3.16. The van der Waals surface area contributed by atoms with Crippen molar-refractivity contribution in [2.45, 2.75) is 43.6 Å². The lowest BCUT2D eigenvalue weighted by Gasteiger charge is -2.49. The Morgan fingerprint density at radius 3 is 2.60 bits per heavy atom. The van der Waals surface area contributed by atoms with E-state index in [0.717, 1.165) is 16.8 Å². The minimum absolute atomic E-state index is 0.0207. The van der Waals surface area contributed by atoms with Gasteiger partial charge in [0.2, 0.25) is 11.8 Å². The Kier molecular flexibility index (Phi) is 9.79. The van der Waals surface area contributed by atoms with E-state index in [9.17, 15) is 34.2 Å². The fourth-order valence-electron chi connectivity index (χ4n) is 4.26. The van der Waals surface area contributed by atoms with Crippen molar-refractivity contribution < 1.29 is 43.7 Å². The van der Waals surface area contributed by atoms with Crippen LogP contribution in [-0.4, -0.2) is 102 Å². The highest BCUT2D eigenvalue weighted by Gasteiger charge is 2.55. The number of hydrogen-bond acceptors (Lipinski definition) is 14. The third kappa shape index (κ3) is 6.92. The number of β-lactam (4-membered cyclic amide) rings is 1. The van der Waals surface area contributed by atoms with Crippen molar-refractivity contribution in [3.8, 4) is 0 Å². The second-order valence-corrected chi connectivity index (χ2v) is 12.3. The zero-order valence-corrected chi connectivity index (χ0v) is 25.9. The largest absolute Gasteiger partial charge is 0.478 e. The average Bonchev–Trinajstić information content (AvgIpc) is 3.52. The SMILES string of the molecule is Cn1c(N)c(NC(=O)NCCN)c[n+]1CC1=C(C(=O)O)N2C(=O)[C@@H](NC(=O)C(=NOC(C)(C)C(=O)O)C3N=C(N)SN3)C2SC1. The minimum Gasteiger partial charge on any atom is -0.478 e. The molecule has 22 heteroatoms. The fraction of sp³-hybridized carbons (Fsp3) is 0.478. The van der Waals surface area contributed by atoms with Gasteiger partial charge in [0.05, 0.1) is 7.05 Å². The van der Waals surface area contributed by atoms with Crippen LogP contribution in [0.4, 0.5) is 16.3 Å². The number of nitrogens with two attached hydrogens (primary N) is 3. The lowest BCUT2D eigenvalue weighted by atomic mass is 10.0. The van der Waals surface area contributed by atoms with Crippen molar-refractivity contribution in [3.63, 3.8) is 0 Å². The summed E-state index contributed by atoms with van der Waals surface area (Å²) in [7, 11) is 1.62. The molecule has 2 unspecified atom stereocenters. The summed E-state index contributed by atoms with van der Waals surface area (Å²) in [6.07, 6.45) is 0.424. The van der Waals surface area contributed by atoms with Gasteiger partial charge in [-0.25, -0.2) is 24.1 Å². The zero-order chi connectivity index (χ0) is 33.2. The van der Waals surface area contributed by atoms with Gasteiger partial charge in [-0.2, -0.15) is 0 Å². The Balaban J connectivity index is 1.52. The summed E-state index contributed by atoms with van der Waals surface area (Å²) in [5.41, 5.74) is 15.4. The Bertz CT molecular complexity index is 1520. The second kappa shape index (κ2) is 13.2. The number of carboxylic acid groups (broad SMARTS) is 2. The molecule has 4 heterocycles. The molecular weight excluding hydrogens is 636 g/mol. The molecule has 3 aliphatic rings. The number of fused-ring (bicyclic) bond motifs is 1. The summed E-state index contributed by atoms with van der Waals surface area (Å²) in [6.45, 7) is 2.97. The summed E-state index contributed by atoms with van der Waals surface area (Å²) in [5, 5.41) is 30.2. The number of carbonyl (C=O) groups excluding carboxylic acids is 3. The molecule has 0 saturated carbocycles. The number of nitrogen functional groups attached to an aromatic ring is 1.